The zero-order chi connectivity index (χ0) is 15.2. The highest BCUT2D eigenvalue weighted by molar-refractivity contribution is 9.10. The van der Waals surface area contributed by atoms with Crippen LogP contribution in [0.3, 0.4) is 0 Å². The molecule has 0 radical (unpaired) electrons. The standard InChI is InChI=1S/C14H12BrCl2N3S/c15-12-2-1-4-18-13(12)20-14(21)19-5-3-9-6-10(16)8-11(17)7-9/h1-2,4,6-8H,3,5H2,(H2,18,19,20,21). The number of pyridine rings is 1. The van der Waals surface area contributed by atoms with Crippen molar-refractivity contribution in [3.05, 3.63) is 56.6 Å². The van der Waals surface area contributed by atoms with E-state index in [2.05, 4.69) is 31.5 Å². The summed E-state index contributed by atoms with van der Waals surface area (Å²) in [6.07, 6.45) is 2.47. The van der Waals surface area contributed by atoms with Crippen LogP contribution in [0.2, 0.25) is 10.0 Å². The lowest BCUT2D eigenvalue weighted by atomic mass is 10.1. The van der Waals surface area contributed by atoms with Gasteiger partial charge in [-0.05, 0) is 70.5 Å². The molecule has 0 bridgehead atoms. The summed E-state index contributed by atoms with van der Waals surface area (Å²) in [7, 11) is 0. The van der Waals surface area contributed by atoms with Gasteiger partial charge in [0.25, 0.3) is 0 Å². The molecule has 0 saturated heterocycles. The van der Waals surface area contributed by atoms with Crippen molar-refractivity contribution in [3.63, 3.8) is 0 Å². The van der Waals surface area contributed by atoms with Crippen LogP contribution in [0, 0.1) is 0 Å². The first-order valence-electron chi connectivity index (χ1n) is 6.15. The van der Waals surface area contributed by atoms with Gasteiger partial charge in [-0.3, -0.25) is 0 Å². The Hall–Kier alpha value is -0.880. The van der Waals surface area contributed by atoms with Gasteiger partial charge in [-0.1, -0.05) is 23.2 Å². The third-order valence-electron chi connectivity index (χ3n) is 2.61. The van der Waals surface area contributed by atoms with Crippen molar-refractivity contribution in [1.82, 2.24) is 10.3 Å². The molecule has 2 N–H and O–H groups in total. The molecule has 3 nitrogen and oxygen atoms in total. The topological polar surface area (TPSA) is 37.0 Å². The van der Waals surface area contributed by atoms with Crippen molar-refractivity contribution < 1.29 is 0 Å². The Morgan fingerprint density at radius 2 is 1.95 bits per heavy atom. The number of nitrogens with zero attached hydrogens (tertiary/aromatic N) is 1. The summed E-state index contributed by atoms with van der Waals surface area (Å²) in [6.45, 7) is 0.674. The molecular formula is C14H12BrCl2N3S. The van der Waals surface area contributed by atoms with Crippen molar-refractivity contribution in [3.8, 4) is 0 Å². The van der Waals surface area contributed by atoms with Crippen LogP contribution in [0.15, 0.2) is 41.0 Å². The van der Waals surface area contributed by atoms with E-state index in [1.165, 1.54) is 0 Å². The highest BCUT2D eigenvalue weighted by Crippen LogP contribution is 2.19. The molecule has 0 aliphatic heterocycles. The summed E-state index contributed by atoms with van der Waals surface area (Å²) in [5, 5.41) is 7.93. The van der Waals surface area contributed by atoms with E-state index in [0.29, 0.717) is 27.5 Å². The third kappa shape index (κ3) is 5.43. The van der Waals surface area contributed by atoms with E-state index in [4.69, 9.17) is 35.4 Å². The van der Waals surface area contributed by atoms with Crippen molar-refractivity contribution in [1.29, 1.82) is 0 Å². The zero-order valence-electron chi connectivity index (χ0n) is 10.9. The fourth-order valence-electron chi connectivity index (χ4n) is 1.71. The molecule has 0 spiro atoms. The second-order valence-electron chi connectivity index (χ2n) is 4.24. The minimum absolute atomic E-state index is 0.516. The van der Waals surface area contributed by atoms with Gasteiger partial charge in [0, 0.05) is 22.8 Å². The molecule has 0 aliphatic carbocycles. The van der Waals surface area contributed by atoms with Gasteiger partial charge < -0.3 is 10.6 Å². The monoisotopic (exact) mass is 403 g/mol. The molecule has 0 unspecified atom stereocenters. The summed E-state index contributed by atoms with van der Waals surface area (Å²) >= 11 is 20.6. The summed E-state index contributed by atoms with van der Waals surface area (Å²) in [5.41, 5.74) is 1.06. The predicted octanol–water partition coefficient (Wildman–Crippen LogP) is 4.68. The van der Waals surface area contributed by atoms with E-state index >= 15 is 0 Å². The van der Waals surface area contributed by atoms with E-state index in [1.54, 1.807) is 12.3 Å². The molecule has 1 aromatic carbocycles. The molecule has 1 aromatic heterocycles. The van der Waals surface area contributed by atoms with Crippen LogP contribution < -0.4 is 10.6 Å². The van der Waals surface area contributed by atoms with Crippen molar-refractivity contribution in [2.45, 2.75) is 6.42 Å². The number of hydrogen-bond donors (Lipinski definition) is 2. The lowest BCUT2D eigenvalue weighted by Gasteiger charge is -2.11. The maximum atomic E-state index is 5.96. The van der Waals surface area contributed by atoms with Gasteiger partial charge in [0.05, 0.1) is 4.47 Å². The minimum atomic E-state index is 0.516. The Balaban J connectivity index is 1.83. The Bertz CT molecular complexity index is 632. The van der Waals surface area contributed by atoms with Gasteiger partial charge in [0.2, 0.25) is 0 Å². The number of aromatic nitrogens is 1. The zero-order valence-corrected chi connectivity index (χ0v) is 14.8. The average molecular weight is 405 g/mol. The highest BCUT2D eigenvalue weighted by Gasteiger charge is 2.03. The van der Waals surface area contributed by atoms with Gasteiger partial charge in [0.15, 0.2) is 5.11 Å². The lowest BCUT2D eigenvalue weighted by molar-refractivity contribution is 0.873. The molecular weight excluding hydrogens is 393 g/mol. The molecule has 0 atom stereocenters. The van der Waals surface area contributed by atoms with E-state index in [0.717, 1.165) is 16.5 Å². The number of anilines is 1. The quantitative estimate of drug-likeness (QED) is 0.725. The van der Waals surface area contributed by atoms with E-state index in [9.17, 15) is 0 Å². The first kappa shape index (κ1) is 16.5. The van der Waals surface area contributed by atoms with Crippen LogP contribution in [0.5, 0.6) is 0 Å². The Kier molecular flexibility index (Phi) is 6.23. The van der Waals surface area contributed by atoms with Gasteiger partial charge in [-0.15, -0.1) is 0 Å². The minimum Gasteiger partial charge on any atom is -0.362 e. The SMILES string of the molecule is S=C(NCCc1cc(Cl)cc(Cl)c1)Nc1ncccc1Br. The summed E-state index contributed by atoms with van der Waals surface area (Å²) in [6, 6.07) is 9.23. The Labute approximate surface area is 147 Å². The molecule has 0 amide bonds. The van der Waals surface area contributed by atoms with Crippen molar-refractivity contribution >= 4 is 62.3 Å². The largest absolute Gasteiger partial charge is 0.362 e. The fourth-order valence-corrected chi connectivity index (χ4v) is 2.83. The maximum absolute atomic E-state index is 5.96. The van der Waals surface area contributed by atoms with E-state index < -0.39 is 0 Å². The van der Waals surface area contributed by atoms with Crippen molar-refractivity contribution in [2.75, 3.05) is 11.9 Å². The average Bonchev–Trinajstić information content (AvgIpc) is 2.40. The molecule has 0 saturated carbocycles. The van der Waals surface area contributed by atoms with Crippen LogP contribution in [0.4, 0.5) is 5.82 Å². The van der Waals surface area contributed by atoms with Crippen LogP contribution in [-0.4, -0.2) is 16.6 Å². The highest BCUT2D eigenvalue weighted by atomic mass is 79.9. The Morgan fingerprint density at radius 1 is 1.24 bits per heavy atom. The van der Waals surface area contributed by atoms with Crippen LogP contribution in [0.25, 0.3) is 0 Å². The Morgan fingerprint density at radius 3 is 2.62 bits per heavy atom. The predicted molar refractivity (Wildman–Crippen MR) is 96.3 cm³/mol. The summed E-state index contributed by atoms with van der Waals surface area (Å²) in [4.78, 5) is 4.19. The first-order chi connectivity index (χ1) is 10.0. The number of halogens is 3. The van der Waals surface area contributed by atoms with E-state index in [-0.39, 0.29) is 0 Å². The van der Waals surface area contributed by atoms with Gasteiger partial charge >= 0.3 is 0 Å². The fraction of sp³-hybridized carbons (Fsp3) is 0.143. The lowest BCUT2D eigenvalue weighted by Crippen LogP contribution is -2.30. The number of nitrogens with one attached hydrogen (secondary N) is 2. The van der Waals surface area contributed by atoms with Gasteiger partial charge in [-0.25, -0.2) is 4.98 Å². The second kappa shape index (κ2) is 7.94. The second-order valence-corrected chi connectivity index (χ2v) is 6.38. The normalized spacial score (nSPS) is 10.2. The van der Waals surface area contributed by atoms with Gasteiger partial charge in [-0.2, -0.15) is 0 Å². The van der Waals surface area contributed by atoms with Crippen molar-refractivity contribution in [2.24, 2.45) is 0 Å². The number of rotatable bonds is 4. The molecule has 1 heterocycles. The van der Waals surface area contributed by atoms with E-state index in [1.807, 2.05) is 24.3 Å². The number of hydrogen-bond acceptors (Lipinski definition) is 2. The smallest absolute Gasteiger partial charge is 0.171 e. The van der Waals surface area contributed by atoms with Crippen LogP contribution >= 0.6 is 51.3 Å². The molecule has 2 rings (SSSR count). The molecule has 2 aromatic rings. The van der Waals surface area contributed by atoms with Gasteiger partial charge in [0.1, 0.15) is 5.82 Å². The molecule has 21 heavy (non-hydrogen) atoms. The summed E-state index contributed by atoms with van der Waals surface area (Å²) < 4.78 is 0.857. The third-order valence-corrected chi connectivity index (χ3v) is 3.93. The molecule has 7 heteroatoms. The molecule has 110 valence electrons. The maximum Gasteiger partial charge on any atom is 0.171 e. The first-order valence-corrected chi connectivity index (χ1v) is 8.10. The number of benzene rings is 1. The molecule has 0 fully saturated rings. The van der Waals surface area contributed by atoms with Crippen LogP contribution in [0.1, 0.15) is 5.56 Å². The summed E-state index contributed by atoms with van der Waals surface area (Å²) in [5.74, 6) is 0.681. The molecule has 0 aliphatic rings. The van der Waals surface area contributed by atoms with Crippen LogP contribution in [-0.2, 0) is 6.42 Å². The number of thiocarbonyl (C=S) groups is 1.